The average Bonchev–Trinajstić information content (AvgIpc) is 2.27. The molecule has 1 N–H and O–H groups in total. The lowest BCUT2D eigenvalue weighted by Crippen LogP contribution is -2.19. The molecule has 0 aromatic heterocycles. The van der Waals surface area contributed by atoms with Crippen LogP contribution in [0.3, 0.4) is 0 Å². The third-order valence-electron chi connectivity index (χ3n) is 2.00. The van der Waals surface area contributed by atoms with Gasteiger partial charge in [-0.05, 0) is 22.0 Å². The van der Waals surface area contributed by atoms with Gasteiger partial charge in [0.2, 0.25) is 0 Å². The molecule has 0 atom stereocenters. The zero-order valence-electron chi connectivity index (χ0n) is 9.41. The van der Waals surface area contributed by atoms with E-state index in [1.165, 1.54) is 19.2 Å². The summed E-state index contributed by atoms with van der Waals surface area (Å²) in [6.07, 6.45) is 0. The van der Waals surface area contributed by atoms with Gasteiger partial charge in [0.05, 0.1) is 11.5 Å². The molecule has 98 valence electrons. The van der Waals surface area contributed by atoms with Crippen LogP contribution in [0.4, 0.5) is 11.4 Å². The third kappa shape index (κ3) is 3.94. The molecule has 0 saturated heterocycles. The van der Waals surface area contributed by atoms with Crippen molar-refractivity contribution in [3.63, 3.8) is 0 Å². The second kappa shape index (κ2) is 6.67. The van der Waals surface area contributed by atoms with Crippen LogP contribution in [0.25, 0.3) is 0 Å². The van der Waals surface area contributed by atoms with E-state index in [1.807, 2.05) is 0 Å². The number of benzene rings is 1. The molecule has 6 nitrogen and oxygen atoms in total. The van der Waals surface area contributed by atoms with Crippen LogP contribution >= 0.6 is 27.5 Å². The van der Waals surface area contributed by atoms with Gasteiger partial charge < -0.3 is 10.1 Å². The summed E-state index contributed by atoms with van der Waals surface area (Å²) in [5.74, 6) is -0.214. The first-order valence-electron chi connectivity index (χ1n) is 4.83. The van der Waals surface area contributed by atoms with Crippen LogP contribution in [0.15, 0.2) is 16.6 Å². The number of carbonyl (C=O) groups is 1. The van der Waals surface area contributed by atoms with Crippen molar-refractivity contribution in [2.24, 2.45) is 0 Å². The number of nitrogens with zero attached hydrogens (tertiary/aromatic N) is 1. The summed E-state index contributed by atoms with van der Waals surface area (Å²) in [6, 6.07) is 2.73. The summed E-state index contributed by atoms with van der Waals surface area (Å²) < 4.78 is 5.09. The van der Waals surface area contributed by atoms with Crippen molar-refractivity contribution >= 4 is 44.7 Å². The highest BCUT2D eigenvalue weighted by atomic mass is 79.9. The van der Waals surface area contributed by atoms with Gasteiger partial charge in [-0.2, -0.15) is 0 Å². The van der Waals surface area contributed by atoms with E-state index in [-0.39, 0.29) is 35.3 Å². The summed E-state index contributed by atoms with van der Waals surface area (Å²) in [6.45, 7) is -0.110. The predicted octanol–water partition coefficient (Wildman–Crippen LogP) is 2.64. The summed E-state index contributed by atoms with van der Waals surface area (Å²) in [4.78, 5) is 21.6. The molecular weight excluding hydrogens is 327 g/mol. The Morgan fingerprint density at radius 1 is 1.61 bits per heavy atom. The second-order valence-corrected chi connectivity index (χ2v) is 4.65. The monoisotopic (exact) mass is 336 g/mol. The van der Waals surface area contributed by atoms with Crippen LogP contribution in [0, 0.1) is 10.1 Å². The number of nitro benzene ring substituents is 1. The molecule has 0 fully saturated rings. The second-order valence-electron chi connectivity index (χ2n) is 3.36. The first-order valence-corrected chi connectivity index (χ1v) is 6.00. The molecule has 0 heterocycles. The molecule has 1 aromatic carbocycles. The number of carbonyl (C=O) groups excluding carboxylic acids is 1. The number of hydrogen-bond donors (Lipinski definition) is 1. The molecule has 0 unspecified atom stereocenters. The smallest absolute Gasteiger partial charge is 0.294 e. The van der Waals surface area contributed by atoms with Crippen LogP contribution in [-0.2, 0) is 9.53 Å². The van der Waals surface area contributed by atoms with E-state index in [0.717, 1.165) is 0 Å². The summed E-state index contributed by atoms with van der Waals surface area (Å²) >= 11 is 8.89. The van der Waals surface area contributed by atoms with Crippen molar-refractivity contribution < 1.29 is 14.5 Å². The minimum Gasteiger partial charge on any atom is -0.377 e. The highest BCUT2D eigenvalue weighted by molar-refractivity contribution is 9.10. The normalized spacial score (nSPS) is 10.2. The van der Waals surface area contributed by atoms with Gasteiger partial charge in [0, 0.05) is 22.7 Å². The summed E-state index contributed by atoms with van der Waals surface area (Å²) in [5.41, 5.74) is 0.0217. The highest BCUT2D eigenvalue weighted by Gasteiger charge is 2.18. The molecular formula is C10H10BrClN2O4. The van der Waals surface area contributed by atoms with Crippen molar-refractivity contribution in [1.82, 2.24) is 0 Å². The van der Waals surface area contributed by atoms with Crippen molar-refractivity contribution in [3.8, 4) is 0 Å². The number of methoxy groups -OCH3 is 1. The van der Waals surface area contributed by atoms with Crippen molar-refractivity contribution in [2.75, 3.05) is 25.6 Å². The van der Waals surface area contributed by atoms with Gasteiger partial charge in [0.1, 0.15) is 12.3 Å². The number of nitro groups is 1. The Morgan fingerprint density at radius 3 is 2.83 bits per heavy atom. The van der Waals surface area contributed by atoms with Crippen molar-refractivity contribution in [2.45, 2.75) is 0 Å². The van der Waals surface area contributed by atoms with Gasteiger partial charge in [0.15, 0.2) is 5.78 Å². The standard InChI is InChI=1S/C10H10BrClN2O4/c1-18-5-7(15)4-13-10-8(11)2-6(12)3-9(10)14(16)17/h2-3,13H,4-5H2,1H3. The maximum absolute atomic E-state index is 11.3. The number of anilines is 1. The average molecular weight is 338 g/mol. The number of ether oxygens (including phenoxy) is 1. The predicted molar refractivity (Wildman–Crippen MR) is 71.2 cm³/mol. The largest absolute Gasteiger partial charge is 0.377 e. The molecule has 1 rings (SSSR count). The fraction of sp³-hybridized carbons (Fsp3) is 0.300. The minimum absolute atomic E-state index is 0.0496. The van der Waals surface area contributed by atoms with Crippen LogP contribution in [0.2, 0.25) is 5.02 Å². The summed E-state index contributed by atoms with van der Waals surface area (Å²) in [7, 11) is 1.40. The Labute approximate surface area is 117 Å². The molecule has 1 aromatic rings. The Balaban J connectivity index is 2.93. The zero-order chi connectivity index (χ0) is 13.7. The molecule has 0 bridgehead atoms. The van der Waals surface area contributed by atoms with E-state index in [9.17, 15) is 14.9 Å². The molecule has 0 amide bonds. The number of nitrogens with one attached hydrogen (secondary N) is 1. The fourth-order valence-corrected chi connectivity index (χ4v) is 2.21. The van der Waals surface area contributed by atoms with E-state index in [1.54, 1.807) is 0 Å². The van der Waals surface area contributed by atoms with Crippen LogP contribution < -0.4 is 5.32 Å². The molecule has 0 aliphatic heterocycles. The number of rotatable bonds is 6. The molecule has 0 radical (unpaired) electrons. The number of ketones is 1. The molecule has 8 heteroatoms. The van der Waals surface area contributed by atoms with Crippen molar-refractivity contribution in [3.05, 3.63) is 31.7 Å². The first kappa shape index (κ1) is 14.9. The van der Waals surface area contributed by atoms with Crippen LogP contribution in [0.1, 0.15) is 0 Å². The SMILES string of the molecule is COCC(=O)CNc1c(Br)cc(Cl)cc1[N+](=O)[O-]. The first-order chi connectivity index (χ1) is 8.45. The minimum atomic E-state index is -0.570. The molecule has 0 aliphatic carbocycles. The highest BCUT2D eigenvalue weighted by Crippen LogP contribution is 2.35. The van der Waals surface area contributed by atoms with Gasteiger partial charge in [0.25, 0.3) is 5.69 Å². The van der Waals surface area contributed by atoms with E-state index in [4.69, 9.17) is 11.6 Å². The Bertz CT molecular complexity index is 481. The van der Waals surface area contributed by atoms with Gasteiger partial charge in [-0.15, -0.1) is 0 Å². The van der Waals surface area contributed by atoms with E-state index < -0.39 is 4.92 Å². The lowest BCUT2D eigenvalue weighted by molar-refractivity contribution is -0.384. The maximum Gasteiger partial charge on any atom is 0.294 e. The summed E-state index contributed by atoms with van der Waals surface area (Å²) in [5, 5.41) is 13.8. The number of Topliss-reactive ketones (excluding diaryl/α,β-unsaturated/α-hetero) is 1. The Hall–Kier alpha value is -1.18. The van der Waals surface area contributed by atoms with E-state index in [0.29, 0.717) is 4.47 Å². The number of halogens is 2. The lowest BCUT2D eigenvalue weighted by atomic mass is 10.2. The molecule has 0 spiro atoms. The molecule has 0 aliphatic rings. The van der Waals surface area contributed by atoms with Crippen LogP contribution in [0.5, 0.6) is 0 Å². The van der Waals surface area contributed by atoms with Crippen molar-refractivity contribution in [1.29, 1.82) is 0 Å². The van der Waals surface area contributed by atoms with Gasteiger partial charge in [-0.25, -0.2) is 0 Å². The Morgan fingerprint density at radius 2 is 2.28 bits per heavy atom. The lowest BCUT2D eigenvalue weighted by Gasteiger charge is -2.08. The third-order valence-corrected chi connectivity index (χ3v) is 2.84. The van der Waals surface area contributed by atoms with Gasteiger partial charge in [-0.3, -0.25) is 14.9 Å². The fourth-order valence-electron chi connectivity index (χ4n) is 1.28. The topological polar surface area (TPSA) is 81.5 Å². The van der Waals surface area contributed by atoms with Gasteiger partial charge >= 0.3 is 0 Å². The van der Waals surface area contributed by atoms with E-state index in [2.05, 4.69) is 26.0 Å². The zero-order valence-corrected chi connectivity index (χ0v) is 11.7. The Kier molecular flexibility index (Phi) is 5.52. The quantitative estimate of drug-likeness (QED) is 0.637. The van der Waals surface area contributed by atoms with Gasteiger partial charge in [-0.1, -0.05) is 11.6 Å². The van der Waals surface area contributed by atoms with E-state index >= 15 is 0 Å². The molecule has 18 heavy (non-hydrogen) atoms. The maximum atomic E-state index is 11.3. The molecule has 0 saturated carbocycles. The number of hydrogen-bond acceptors (Lipinski definition) is 5. The van der Waals surface area contributed by atoms with Crippen LogP contribution in [-0.4, -0.2) is 31.0 Å².